The van der Waals surface area contributed by atoms with Gasteiger partial charge in [0, 0.05) is 17.2 Å². The summed E-state index contributed by atoms with van der Waals surface area (Å²) in [4.78, 5) is 4.69. The highest BCUT2D eigenvalue weighted by Crippen LogP contribution is 2.34. The molecule has 0 saturated heterocycles. The third-order valence-electron chi connectivity index (χ3n) is 3.40. The van der Waals surface area contributed by atoms with E-state index < -0.39 is 0 Å². The Morgan fingerprint density at radius 2 is 2.12 bits per heavy atom. The van der Waals surface area contributed by atoms with Crippen molar-refractivity contribution in [3.8, 4) is 0 Å². The topological polar surface area (TPSA) is 30.2 Å². The zero-order valence-electron chi connectivity index (χ0n) is 9.28. The number of fused-ring (bicyclic) bond motifs is 1. The summed E-state index contributed by atoms with van der Waals surface area (Å²) in [6, 6.07) is 1.97. The molecule has 0 amide bonds. The smallest absolute Gasteiger partial charge is 0.159 e. The van der Waals surface area contributed by atoms with Gasteiger partial charge in [0.25, 0.3) is 0 Å². The number of hydrogen-bond donors (Lipinski definition) is 0. The van der Waals surface area contributed by atoms with Crippen molar-refractivity contribution in [2.24, 2.45) is 0 Å². The summed E-state index contributed by atoms with van der Waals surface area (Å²) in [6.45, 7) is 2.02. The van der Waals surface area contributed by atoms with Gasteiger partial charge in [0.1, 0.15) is 5.15 Å². The van der Waals surface area contributed by atoms with Gasteiger partial charge in [-0.3, -0.25) is 0 Å². The maximum Gasteiger partial charge on any atom is 0.159 e. The lowest BCUT2D eigenvalue weighted by Crippen LogP contribution is -2.01. The Hall–Kier alpha value is -1.09. The van der Waals surface area contributed by atoms with Crippen LogP contribution in [0.3, 0.4) is 0 Å². The van der Waals surface area contributed by atoms with Crippen molar-refractivity contribution in [3.05, 3.63) is 28.7 Å². The highest BCUT2D eigenvalue weighted by Gasteiger charge is 2.20. The zero-order valence-corrected chi connectivity index (χ0v) is 10.0. The van der Waals surface area contributed by atoms with Crippen LogP contribution in [0.4, 0.5) is 0 Å². The molecule has 2 heterocycles. The summed E-state index contributed by atoms with van der Waals surface area (Å²) in [6.07, 6.45) is 6.92. The highest BCUT2D eigenvalue weighted by molar-refractivity contribution is 6.29. The fourth-order valence-electron chi connectivity index (χ4n) is 2.48. The van der Waals surface area contributed by atoms with Crippen LogP contribution < -0.4 is 0 Å². The van der Waals surface area contributed by atoms with Crippen molar-refractivity contribution < 1.29 is 0 Å². The average molecular weight is 236 g/mol. The minimum absolute atomic E-state index is 0.594. The van der Waals surface area contributed by atoms with Crippen LogP contribution in [-0.2, 0) is 0 Å². The third kappa shape index (κ3) is 1.50. The maximum atomic E-state index is 6.21. The number of halogens is 1. The van der Waals surface area contributed by atoms with Gasteiger partial charge >= 0.3 is 0 Å². The molecule has 0 aliphatic heterocycles. The minimum Gasteiger partial charge on any atom is -0.233 e. The molecule has 0 atom stereocenters. The van der Waals surface area contributed by atoms with Crippen LogP contribution in [0.2, 0.25) is 5.15 Å². The third-order valence-corrected chi connectivity index (χ3v) is 3.67. The largest absolute Gasteiger partial charge is 0.233 e. The Kier molecular flexibility index (Phi) is 2.36. The quantitative estimate of drug-likeness (QED) is 0.710. The molecule has 0 bridgehead atoms. The average Bonchev–Trinajstić information content (AvgIpc) is 2.88. The van der Waals surface area contributed by atoms with Gasteiger partial charge in [0.05, 0.1) is 6.20 Å². The maximum absolute atomic E-state index is 6.21. The van der Waals surface area contributed by atoms with Gasteiger partial charge < -0.3 is 0 Å². The van der Waals surface area contributed by atoms with Gasteiger partial charge in [-0.25, -0.2) is 9.50 Å². The van der Waals surface area contributed by atoms with Crippen LogP contribution in [0.25, 0.3) is 5.65 Å². The van der Waals surface area contributed by atoms with Gasteiger partial charge in [0.15, 0.2) is 5.65 Å². The molecular weight excluding hydrogens is 222 g/mol. The van der Waals surface area contributed by atoms with E-state index >= 15 is 0 Å². The first-order chi connectivity index (χ1) is 7.75. The van der Waals surface area contributed by atoms with E-state index in [2.05, 4.69) is 5.10 Å². The molecule has 1 saturated carbocycles. The summed E-state index contributed by atoms with van der Waals surface area (Å²) in [5.74, 6) is 0.594. The Balaban J connectivity index is 2.15. The Bertz CT molecular complexity index is 526. The first kappa shape index (κ1) is 10.1. The molecule has 1 aliphatic carbocycles. The van der Waals surface area contributed by atoms with Crippen molar-refractivity contribution in [3.63, 3.8) is 0 Å². The van der Waals surface area contributed by atoms with E-state index in [-0.39, 0.29) is 0 Å². The van der Waals surface area contributed by atoms with Crippen LogP contribution in [0.15, 0.2) is 12.3 Å². The van der Waals surface area contributed by atoms with Crippen molar-refractivity contribution in [1.82, 2.24) is 14.6 Å². The molecule has 0 radical (unpaired) electrons. The van der Waals surface area contributed by atoms with Crippen LogP contribution in [0.1, 0.15) is 42.9 Å². The van der Waals surface area contributed by atoms with E-state index in [1.54, 1.807) is 4.52 Å². The standard InChI is InChI=1S/C12H14ClN3/c1-8-7-14-16-11(13)6-10(15-12(8)16)9-4-2-3-5-9/h6-7,9H,2-5H2,1H3. The molecule has 2 aromatic heterocycles. The number of nitrogens with zero attached hydrogens (tertiary/aromatic N) is 3. The lowest BCUT2D eigenvalue weighted by molar-refractivity contribution is 0.694. The molecule has 84 valence electrons. The molecule has 3 rings (SSSR count). The second kappa shape index (κ2) is 3.74. The first-order valence-electron chi connectivity index (χ1n) is 5.76. The van der Waals surface area contributed by atoms with E-state index in [4.69, 9.17) is 16.6 Å². The summed E-state index contributed by atoms with van der Waals surface area (Å²) >= 11 is 6.21. The Labute approximate surface area is 99.4 Å². The zero-order chi connectivity index (χ0) is 11.1. The molecule has 1 fully saturated rings. The molecule has 1 aliphatic rings. The number of rotatable bonds is 1. The second-order valence-corrected chi connectivity index (χ2v) is 4.94. The second-order valence-electron chi connectivity index (χ2n) is 4.55. The SMILES string of the molecule is Cc1cnn2c(Cl)cc(C3CCCC3)nc12. The molecule has 0 aromatic carbocycles. The van der Waals surface area contributed by atoms with Gasteiger partial charge in [0.2, 0.25) is 0 Å². The van der Waals surface area contributed by atoms with E-state index in [9.17, 15) is 0 Å². The molecule has 3 nitrogen and oxygen atoms in total. The molecule has 4 heteroatoms. The predicted molar refractivity (Wildman–Crippen MR) is 63.9 cm³/mol. The lowest BCUT2D eigenvalue weighted by atomic mass is 10.0. The number of hydrogen-bond acceptors (Lipinski definition) is 2. The summed E-state index contributed by atoms with van der Waals surface area (Å²) in [7, 11) is 0. The van der Waals surface area contributed by atoms with Crippen molar-refractivity contribution >= 4 is 17.2 Å². The normalized spacial score (nSPS) is 17.4. The molecule has 16 heavy (non-hydrogen) atoms. The number of aryl methyl sites for hydroxylation is 1. The van der Waals surface area contributed by atoms with Crippen LogP contribution >= 0.6 is 11.6 Å². The van der Waals surface area contributed by atoms with Gasteiger partial charge in [-0.15, -0.1) is 0 Å². The van der Waals surface area contributed by atoms with E-state index in [0.29, 0.717) is 11.1 Å². The monoisotopic (exact) mass is 235 g/mol. The van der Waals surface area contributed by atoms with Crippen molar-refractivity contribution in [1.29, 1.82) is 0 Å². The summed E-state index contributed by atoms with van der Waals surface area (Å²) < 4.78 is 1.70. The fraction of sp³-hybridized carbons (Fsp3) is 0.500. The molecular formula is C12H14ClN3. The number of aromatic nitrogens is 3. The minimum atomic E-state index is 0.594. The van der Waals surface area contributed by atoms with E-state index in [0.717, 1.165) is 16.9 Å². The molecule has 0 N–H and O–H groups in total. The lowest BCUT2D eigenvalue weighted by Gasteiger charge is -2.09. The Morgan fingerprint density at radius 3 is 2.88 bits per heavy atom. The van der Waals surface area contributed by atoms with Crippen molar-refractivity contribution in [2.45, 2.75) is 38.5 Å². The van der Waals surface area contributed by atoms with Crippen LogP contribution in [0.5, 0.6) is 0 Å². The van der Waals surface area contributed by atoms with Crippen LogP contribution in [-0.4, -0.2) is 14.6 Å². The van der Waals surface area contributed by atoms with Gasteiger partial charge in [-0.05, 0) is 25.8 Å². The molecule has 2 aromatic rings. The van der Waals surface area contributed by atoms with Gasteiger partial charge in [-0.2, -0.15) is 5.10 Å². The van der Waals surface area contributed by atoms with Crippen molar-refractivity contribution in [2.75, 3.05) is 0 Å². The highest BCUT2D eigenvalue weighted by atomic mass is 35.5. The van der Waals surface area contributed by atoms with Crippen LogP contribution in [0, 0.1) is 6.92 Å². The van der Waals surface area contributed by atoms with E-state index in [1.807, 2.05) is 19.2 Å². The summed E-state index contributed by atoms with van der Waals surface area (Å²) in [5.41, 5.74) is 3.12. The Morgan fingerprint density at radius 1 is 1.38 bits per heavy atom. The predicted octanol–water partition coefficient (Wildman–Crippen LogP) is 3.35. The molecule has 0 unspecified atom stereocenters. The first-order valence-corrected chi connectivity index (χ1v) is 6.14. The van der Waals surface area contributed by atoms with E-state index in [1.165, 1.54) is 25.7 Å². The molecule has 0 spiro atoms. The fourth-order valence-corrected chi connectivity index (χ4v) is 2.72. The van der Waals surface area contributed by atoms with Gasteiger partial charge in [-0.1, -0.05) is 24.4 Å². The summed E-state index contributed by atoms with van der Waals surface area (Å²) in [5, 5.41) is 4.87.